The Morgan fingerprint density at radius 2 is 1.83 bits per heavy atom. The molecule has 0 unspecified atom stereocenters. The number of nitrogens with two attached hydrogens (primary N) is 2. The van der Waals surface area contributed by atoms with Crippen LogP contribution >= 0.6 is 23.2 Å². The van der Waals surface area contributed by atoms with Gasteiger partial charge in [0.05, 0.1) is 27.1 Å². The van der Waals surface area contributed by atoms with Crippen molar-refractivity contribution in [2.24, 2.45) is 10.7 Å². The average molecular weight is 282 g/mol. The number of anilines is 1. The number of carbonyl (C=O) groups is 1. The van der Waals surface area contributed by atoms with Gasteiger partial charge in [-0.2, -0.15) is 0 Å². The highest BCUT2D eigenvalue weighted by Gasteiger charge is 2.15. The van der Waals surface area contributed by atoms with Crippen molar-refractivity contribution in [1.29, 1.82) is 0 Å². The highest BCUT2D eigenvalue weighted by Crippen LogP contribution is 2.25. The molecule has 0 heterocycles. The van der Waals surface area contributed by atoms with Crippen molar-refractivity contribution in [3.63, 3.8) is 0 Å². The predicted molar refractivity (Wildman–Crippen MR) is 74.2 cm³/mol. The molecule has 0 saturated carbocycles. The van der Waals surface area contributed by atoms with Gasteiger partial charge in [-0.05, 0) is 24.3 Å². The maximum atomic E-state index is 11.7. The summed E-state index contributed by atoms with van der Waals surface area (Å²) in [6, 6.07) is 4.84. The van der Waals surface area contributed by atoms with Crippen LogP contribution in [-0.4, -0.2) is 11.5 Å². The monoisotopic (exact) mass is 281 g/mol. The summed E-state index contributed by atoms with van der Waals surface area (Å²) in [4.78, 5) is 15.8. The van der Waals surface area contributed by atoms with Crippen LogP contribution in [-0.2, 0) is 4.79 Å². The average Bonchev–Trinajstić information content (AvgIpc) is 2.31. The minimum absolute atomic E-state index is 0.206. The quantitative estimate of drug-likeness (QED) is 0.613. The standard InChI is InChI=1S/C12H9Cl2N3O/c13-7-3-6(1-2-9(7)15)17-11-5-10(16)8(14)4-12(11)18/h1-5H,15-16H2. The van der Waals surface area contributed by atoms with Crippen molar-refractivity contribution in [1.82, 2.24) is 0 Å². The highest BCUT2D eigenvalue weighted by molar-refractivity contribution is 6.52. The minimum atomic E-state index is -0.304. The number of hydrogen-bond donors (Lipinski definition) is 2. The van der Waals surface area contributed by atoms with E-state index in [1.54, 1.807) is 18.2 Å². The lowest BCUT2D eigenvalue weighted by molar-refractivity contribution is -0.108. The molecular weight excluding hydrogens is 273 g/mol. The predicted octanol–water partition coefficient (Wildman–Crippen LogP) is 2.54. The van der Waals surface area contributed by atoms with Gasteiger partial charge in [0.25, 0.3) is 0 Å². The third-order valence-electron chi connectivity index (χ3n) is 2.31. The van der Waals surface area contributed by atoms with Gasteiger partial charge < -0.3 is 11.5 Å². The smallest absolute Gasteiger partial charge is 0.205 e. The summed E-state index contributed by atoms with van der Waals surface area (Å²) in [5, 5.41) is 0.597. The lowest BCUT2D eigenvalue weighted by Crippen LogP contribution is -2.17. The second-order valence-corrected chi connectivity index (χ2v) is 4.47. The zero-order valence-electron chi connectivity index (χ0n) is 9.15. The molecule has 1 aromatic carbocycles. The number of carbonyl (C=O) groups excluding carboxylic acids is 1. The van der Waals surface area contributed by atoms with E-state index in [1.165, 1.54) is 12.2 Å². The van der Waals surface area contributed by atoms with E-state index >= 15 is 0 Å². The number of rotatable bonds is 1. The van der Waals surface area contributed by atoms with E-state index in [2.05, 4.69) is 4.99 Å². The first-order chi connectivity index (χ1) is 8.47. The summed E-state index contributed by atoms with van der Waals surface area (Å²) in [7, 11) is 0. The molecule has 0 amide bonds. The zero-order chi connectivity index (χ0) is 13.3. The molecule has 0 aliphatic heterocycles. The number of allylic oxidation sites excluding steroid dienone is 3. The van der Waals surface area contributed by atoms with Crippen LogP contribution in [0.25, 0.3) is 0 Å². The Kier molecular flexibility index (Phi) is 3.41. The van der Waals surface area contributed by atoms with E-state index in [1.807, 2.05) is 0 Å². The van der Waals surface area contributed by atoms with E-state index < -0.39 is 0 Å². The molecule has 0 saturated heterocycles. The summed E-state index contributed by atoms with van der Waals surface area (Å²) < 4.78 is 0. The first-order valence-electron chi connectivity index (χ1n) is 5.00. The number of halogens is 2. The van der Waals surface area contributed by atoms with Gasteiger partial charge >= 0.3 is 0 Å². The fraction of sp³-hybridized carbons (Fsp3) is 0. The second kappa shape index (κ2) is 4.84. The molecule has 18 heavy (non-hydrogen) atoms. The van der Waals surface area contributed by atoms with Gasteiger partial charge in [-0.25, -0.2) is 4.99 Å². The summed E-state index contributed by atoms with van der Waals surface area (Å²) in [6.07, 6.45) is 2.66. The number of benzene rings is 1. The lowest BCUT2D eigenvalue weighted by Gasteiger charge is -2.07. The van der Waals surface area contributed by atoms with Gasteiger partial charge in [-0.15, -0.1) is 0 Å². The van der Waals surface area contributed by atoms with E-state index in [9.17, 15) is 4.79 Å². The lowest BCUT2D eigenvalue weighted by atomic mass is 10.1. The molecule has 1 aromatic rings. The van der Waals surface area contributed by atoms with E-state index in [-0.39, 0.29) is 16.5 Å². The molecule has 4 N–H and O–H groups in total. The van der Waals surface area contributed by atoms with Crippen LogP contribution in [0, 0.1) is 0 Å². The van der Waals surface area contributed by atoms with Crippen LogP contribution in [0.2, 0.25) is 5.02 Å². The van der Waals surface area contributed by atoms with E-state index in [0.29, 0.717) is 22.1 Å². The zero-order valence-corrected chi connectivity index (χ0v) is 10.7. The normalized spacial score (nSPS) is 17.7. The first-order valence-corrected chi connectivity index (χ1v) is 5.76. The number of nitrogens with zero attached hydrogens (tertiary/aromatic N) is 1. The minimum Gasteiger partial charge on any atom is -0.398 e. The molecule has 92 valence electrons. The molecule has 0 bridgehead atoms. The Balaban J connectivity index is 2.40. The Hall–Kier alpha value is -1.78. The van der Waals surface area contributed by atoms with Crippen molar-refractivity contribution in [2.75, 3.05) is 5.73 Å². The first kappa shape index (κ1) is 12.7. The van der Waals surface area contributed by atoms with Crippen molar-refractivity contribution < 1.29 is 4.79 Å². The molecule has 4 nitrogen and oxygen atoms in total. The summed E-state index contributed by atoms with van der Waals surface area (Å²) in [5.74, 6) is -0.304. The van der Waals surface area contributed by atoms with Crippen molar-refractivity contribution in [3.8, 4) is 0 Å². The maximum absolute atomic E-state index is 11.7. The highest BCUT2D eigenvalue weighted by atomic mass is 35.5. The van der Waals surface area contributed by atoms with E-state index in [4.69, 9.17) is 34.7 Å². The molecule has 0 radical (unpaired) electrons. The topological polar surface area (TPSA) is 81.5 Å². The van der Waals surface area contributed by atoms with Gasteiger partial charge in [0.1, 0.15) is 5.71 Å². The fourth-order valence-corrected chi connectivity index (χ4v) is 1.70. The molecule has 0 spiro atoms. The third-order valence-corrected chi connectivity index (χ3v) is 2.97. The maximum Gasteiger partial charge on any atom is 0.205 e. The Morgan fingerprint density at radius 3 is 2.50 bits per heavy atom. The van der Waals surface area contributed by atoms with Crippen LogP contribution < -0.4 is 11.5 Å². The Bertz CT molecular complexity index is 618. The number of hydrogen-bond acceptors (Lipinski definition) is 4. The van der Waals surface area contributed by atoms with Gasteiger partial charge in [0, 0.05) is 6.08 Å². The van der Waals surface area contributed by atoms with Crippen LogP contribution in [0.15, 0.2) is 46.1 Å². The van der Waals surface area contributed by atoms with Gasteiger partial charge in [0.2, 0.25) is 5.78 Å². The number of nitrogen functional groups attached to an aromatic ring is 1. The van der Waals surface area contributed by atoms with E-state index in [0.717, 1.165) is 0 Å². The molecule has 6 heteroatoms. The van der Waals surface area contributed by atoms with Crippen molar-refractivity contribution >= 4 is 46.1 Å². The van der Waals surface area contributed by atoms with Crippen molar-refractivity contribution in [2.45, 2.75) is 0 Å². The van der Waals surface area contributed by atoms with Gasteiger partial charge in [0.15, 0.2) is 0 Å². The molecule has 0 aromatic heterocycles. The molecule has 1 aliphatic carbocycles. The Labute approximate surface area is 114 Å². The van der Waals surface area contributed by atoms with Crippen LogP contribution in [0.1, 0.15) is 0 Å². The van der Waals surface area contributed by atoms with Gasteiger partial charge in [-0.3, -0.25) is 4.79 Å². The SMILES string of the molecule is NC1=CC(=Nc2ccc(N)c(Cl)c2)C(=O)C=C1Cl. The van der Waals surface area contributed by atoms with Crippen molar-refractivity contribution in [3.05, 3.63) is 46.1 Å². The Morgan fingerprint density at radius 1 is 1.11 bits per heavy atom. The molecular formula is C12H9Cl2N3O. The number of ketones is 1. The fourth-order valence-electron chi connectivity index (χ4n) is 1.37. The molecule has 2 rings (SSSR count). The number of aliphatic imine (C=N–C) groups is 1. The third kappa shape index (κ3) is 2.55. The molecule has 0 fully saturated rings. The van der Waals surface area contributed by atoms with Crippen LogP contribution in [0.3, 0.4) is 0 Å². The summed E-state index contributed by atoms with van der Waals surface area (Å²) in [5.41, 5.74) is 12.7. The summed E-state index contributed by atoms with van der Waals surface area (Å²) in [6.45, 7) is 0. The van der Waals surface area contributed by atoms with Crippen LogP contribution in [0.4, 0.5) is 11.4 Å². The van der Waals surface area contributed by atoms with Gasteiger partial charge in [-0.1, -0.05) is 23.2 Å². The molecule has 1 aliphatic rings. The molecule has 0 atom stereocenters. The second-order valence-electron chi connectivity index (χ2n) is 3.66. The van der Waals surface area contributed by atoms with Crippen LogP contribution in [0.5, 0.6) is 0 Å². The largest absolute Gasteiger partial charge is 0.398 e. The summed E-state index contributed by atoms with van der Waals surface area (Å²) >= 11 is 11.6.